The van der Waals surface area contributed by atoms with Gasteiger partial charge in [-0.25, -0.2) is 4.79 Å². The Kier molecular flexibility index (Phi) is 12.5. The second-order valence-electron chi connectivity index (χ2n) is 10.5. The predicted octanol–water partition coefficient (Wildman–Crippen LogP) is 3.63. The molecule has 1 aliphatic heterocycles. The van der Waals surface area contributed by atoms with Gasteiger partial charge in [0, 0.05) is 56.9 Å². The molecule has 3 aromatic carbocycles. The average molecular weight is 575 g/mol. The zero-order valence-electron chi connectivity index (χ0n) is 24.1. The van der Waals surface area contributed by atoms with E-state index in [1.54, 1.807) is 0 Å². The van der Waals surface area contributed by atoms with Gasteiger partial charge in [0.15, 0.2) is 5.78 Å². The van der Waals surface area contributed by atoms with Crippen LogP contribution in [-0.4, -0.2) is 97.0 Å². The largest absolute Gasteiger partial charge is 0.446 e. The summed E-state index contributed by atoms with van der Waals surface area (Å²) in [6.45, 7) is 5.13. The van der Waals surface area contributed by atoms with Gasteiger partial charge >= 0.3 is 6.09 Å². The molecule has 1 saturated heterocycles. The van der Waals surface area contributed by atoms with Crippen molar-refractivity contribution in [3.63, 3.8) is 0 Å². The van der Waals surface area contributed by atoms with Gasteiger partial charge in [-0.15, -0.1) is 0 Å². The third-order valence-electron chi connectivity index (χ3n) is 7.46. The van der Waals surface area contributed by atoms with Crippen molar-refractivity contribution >= 4 is 17.6 Å². The molecule has 4 rings (SSSR count). The molecular weight excluding hydrogens is 532 g/mol. The van der Waals surface area contributed by atoms with E-state index in [0.29, 0.717) is 31.7 Å². The number of nitrogens with zero attached hydrogens (tertiary/aromatic N) is 2. The van der Waals surface area contributed by atoms with Crippen molar-refractivity contribution in [2.45, 2.75) is 25.5 Å². The first-order valence-electron chi connectivity index (χ1n) is 14.7. The van der Waals surface area contributed by atoms with Crippen molar-refractivity contribution in [2.24, 2.45) is 0 Å². The van der Waals surface area contributed by atoms with E-state index in [0.717, 1.165) is 54.9 Å². The molecule has 0 unspecified atom stereocenters. The minimum absolute atomic E-state index is 0.0379. The van der Waals surface area contributed by atoms with Gasteiger partial charge in [0.2, 0.25) is 0 Å². The molecular formula is C33H42N4O5. The molecule has 9 nitrogen and oxygen atoms in total. The van der Waals surface area contributed by atoms with Crippen LogP contribution in [0.5, 0.6) is 0 Å². The van der Waals surface area contributed by atoms with Gasteiger partial charge in [0.25, 0.3) is 0 Å². The number of para-hydroxylation sites is 1. The minimum atomic E-state index is -0.433. The SMILES string of the molecule is O=C(Nc1ccccc1-c1ccccc1)OC1CCN(CCNCC(=O)c2ccc(CN(CCO)CCO)cc2)CC1. The molecule has 0 aromatic heterocycles. The first-order valence-corrected chi connectivity index (χ1v) is 14.7. The van der Waals surface area contributed by atoms with Gasteiger partial charge in [-0.2, -0.15) is 0 Å². The Morgan fingerprint density at radius 3 is 2.24 bits per heavy atom. The molecule has 42 heavy (non-hydrogen) atoms. The van der Waals surface area contributed by atoms with Crippen LogP contribution in [0.3, 0.4) is 0 Å². The highest BCUT2D eigenvalue weighted by Gasteiger charge is 2.22. The van der Waals surface area contributed by atoms with E-state index in [1.807, 2.05) is 83.8 Å². The maximum atomic E-state index is 12.6. The van der Waals surface area contributed by atoms with Crippen LogP contribution in [0.1, 0.15) is 28.8 Å². The van der Waals surface area contributed by atoms with Crippen LogP contribution in [-0.2, 0) is 11.3 Å². The van der Waals surface area contributed by atoms with Gasteiger partial charge < -0.3 is 25.2 Å². The molecule has 3 aromatic rings. The number of ketones is 1. The average Bonchev–Trinajstić information content (AvgIpc) is 3.01. The molecule has 224 valence electrons. The van der Waals surface area contributed by atoms with Crippen LogP contribution in [0.25, 0.3) is 11.1 Å². The number of rotatable bonds is 15. The third kappa shape index (κ3) is 9.75. The number of Topliss-reactive ketones (excluding diaryl/α,β-unsaturated/α-hetero) is 1. The monoisotopic (exact) mass is 574 g/mol. The molecule has 0 saturated carbocycles. The number of hydrogen-bond acceptors (Lipinski definition) is 8. The highest BCUT2D eigenvalue weighted by molar-refractivity contribution is 5.97. The highest BCUT2D eigenvalue weighted by atomic mass is 16.6. The van der Waals surface area contributed by atoms with Gasteiger partial charge in [0.1, 0.15) is 6.10 Å². The highest BCUT2D eigenvalue weighted by Crippen LogP contribution is 2.28. The molecule has 9 heteroatoms. The number of nitrogens with one attached hydrogen (secondary N) is 2. The van der Waals surface area contributed by atoms with E-state index >= 15 is 0 Å². The van der Waals surface area contributed by atoms with Crippen LogP contribution < -0.4 is 10.6 Å². The number of ether oxygens (including phenoxy) is 1. The standard InChI is InChI=1S/C33H42N4O5/c38-22-20-37(21-23-39)25-26-10-12-28(13-11-26)32(40)24-34-16-19-36-17-14-29(15-18-36)42-33(41)35-31-9-5-4-8-30(31)27-6-2-1-3-7-27/h1-13,29,34,38-39H,14-25H2,(H,35,41). The Morgan fingerprint density at radius 2 is 1.55 bits per heavy atom. The Bertz CT molecular complexity index is 1240. The number of benzene rings is 3. The van der Waals surface area contributed by atoms with Gasteiger partial charge in [-0.05, 0) is 30.0 Å². The minimum Gasteiger partial charge on any atom is -0.446 e. The summed E-state index contributed by atoms with van der Waals surface area (Å²) in [6.07, 6.45) is 0.986. The molecule has 1 fully saturated rings. The number of carbonyl (C=O) groups is 2. The zero-order chi connectivity index (χ0) is 29.6. The lowest BCUT2D eigenvalue weighted by Gasteiger charge is -2.31. The summed E-state index contributed by atoms with van der Waals surface area (Å²) >= 11 is 0. The van der Waals surface area contributed by atoms with Crippen molar-refractivity contribution in [3.8, 4) is 11.1 Å². The normalized spacial score (nSPS) is 14.2. The Morgan fingerprint density at radius 1 is 0.881 bits per heavy atom. The number of hydrogen-bond donors (Lipinski definition) is 4. The fourth-order valence-electron chi connectivity index (χ4n) is 5.15. The Labute approximate surface area is 248 Å². The van der Waals surface area contributed by atoms with Crippen LogP contribution in [0, 0.1) is 0 Å². The van der Waals surface area contributed by atoms with E-state index in [2.05, 4.69) is 15.5 Å². The van der Waals surface area contributed by atoms with Gasteiger partial charge in [0.05, 0.1) is 25.4 Å². The maximum absolute atomic E-state index is 12.6. The molecule has 0 atom stereocenters. The second kappa shape index (κ2) is 16.7. The van der Waals surface area contributed by atoms with Crippen molar-refractivity contribution in [2.75, 3.05) is 64.3 Å². The molecule has 0 bridgehead atoms. The van der Waals surface area contributed by atoms with Crippen molar-refractivity contribution in [1.29, 1.82) is 0 Å². The molecule has 1 aliphatic rings. The quantitative estimate of drug-likeness (QED) is 0.161. The van der Waals surface area contributed by atoms with Crippen molar-refractivity contribution < 1.29 is 24.5 Å². The lowest BCUT2D eigenvalue weighted by Crippen LogP contribution is -2.42. The summed E-state index contributed by atoms with van der Waals surface area (Å²) < 4.78 is 5.73. The van der Waals surface area contributed by atoms with E-state index in [4.69, 9.17) is 4.74 Å². The predicted molar refractivity (Wildman–Crippen MR) is 165 cm³/mol. The number of amides is 1. The van der Waals surface area contributed by atoms with Crippen LogP contribution in [0.2, 0.25) is 0 Å². The second-order valence-corrected chi connectivity index (χ2v) is 10.5. The molecule has 0 radical (unpaired) electrons. The molecule has 1 amide bonds. The molecule has 1 heterocycles. The number of aliphatic hydroxyl groups excluding tert-OH is 2. The summed E-state index contributed by atoms with van der Waals surface area (Å²) in [7, 11) is 0. The molecule has 0 aliphatic carbocycles. The number of carbonyl (C=O) groups excluding carboxylic acids is 2. The van der Waals surface area contributed by atoms with E-state index in [1.165, 1.54) is 0 Å². The summed E-state index contributed by atoms with van der Waals surface area (Å²) in [5.74, 6) is 0.0380. The van der Waals surface area contributed by atoms with E-state index in [-0.39, 0.29) is 31.6 Å². The van der Waals surface area contributed by atoms with Gasteiger partial charge in [-0.3, -0.25) is 15.0 Å². The first-order chi connectivity index (χ1) is 20.6. The Hall–Kier alpha value is -3.60. The number of anilines is 1. The molecule has 4 N–H and O–H groups in total. The number of likely N-dealkylation sites (tertiary alicyclic amines) is 1. The van der Waals surface area contributed by atoms with Crippen LogP contribution >= 0.6 is 0 Å². The number of piperidine rings is 1. The van der Waals surface area contributed by atoms with Crippen LogP contribution in [0.15, 0.2) is 78.9 Å². The number of aliphatic hydroxyl groups is 2. The fourth-order valence-corrected chi connectivity index (χ4v) is 5.15. The first kappa shape index (κ1) is 31.3. The van der Waals surface area contributed by atoms with E-state index in [9.17, 15) is 19.8 Å². The topological polar surface area (TPSA) is 114 Å². The fraction of sp³-hybridized carbons (Fsp3) is 0.394. The summed E-state index contributed by atoms with van der Waals surface area (Å²) in [6, 6.07) is 25.2. The van der Waals surface area contributed by atoms with E-state index < -0.39 is 6.09 Å². The summed E-state index contributed by atoms with van der Waals surface area (Å²) in [5.41, 5.74) is 4.40. The maximum Gasteiger partial charge on any atom is 0.411 e. The third-order valence-corrected chi connectivity index (χ3v) is 7.46. The smallest absolute Gasteiger partial charge is 0.411 e. The van der Waals surface area contributed by atoms with Crippen molar-refractivity contribution in [1.82, 2.24) is 15.1 Å². The summed E-state index contributed by atoms with van der Waals surface area (Å²) in [5, 5.41) is 24.5. The zero-order valence-corrected chi connectivity index (χ0v) is 24.1. The Balaban J connectivity index is 1.12. The lowest BCUT2D eigenvalue weighted by molar-refractivity contribution is 0.0593. The van der Waals surface area contributed by atoms with Crippen LogP contribution in [0.4, 0.5) is 10.5 Å². The summed E-state index contributed by atoms with van der Waals surface area (Å²) in [4.78, 5) is 29.5. The van der Waals surface area contributed by atoms with Crippen molar-refractivity contribution in [3.05, 3.63) is 90.0 Å². The lowest BCUT2D eigenvalue weighted by atomic mass is 10.0. The van der Waals surface area contributed by atoms with Gasteiger partial charge in [-0.1, -0.05) is 72.8 Å². The molecule has 0 spiro atoms.